The molecule has 0 aliphatic carbocycles. The largest absolute Gasteiger partial charge is 0.323 e. The number of halogens is 2. The van der Waals surface area contributed by atoms with Crippen molar-refractivity contribution in [3.8, 4) is 0 Å². The lowest BCUT2D eigenvalue weighted by Gasteiger charge is -2.09. The van der Waals surface area contributed by atoms with Gasteiger partial charge >= 0.3 is 0 Å². The van der Waals surface area contributed by atoms with E-state index in [1.54, 1.807) is 42.5 Å². The molecule has 0 atom stereocenters. The first-order chi connectivity index (χ1) is 13.8. The summed E-state index contributed by atoms with van der Waals surface area (Å²) in [6.07, 6.45) is 2.87. The van der Waals surface area contributed by atoms with Gasteiger partial charge in [0.25, 0.3) is 10.0 Å². The molecule has 2 N–H and O–H groups in total. The van der Waals surface area contributed by atoms with E-state index in [9.17, 15) is 17.6 Å². The summed E-state index contributed by atoms with van der Waals surface area (Å²) in [5.74, 6) is -0.736. The first kappa shape index (κ1) is 21.0. The Balaban J connectivity index is 1.63. The van der Waals surface area contributed by atoms with Crippen LogP contribution in [-0.2, 0) is 14.8 Å². The Labute approximate surface area is 181 Å². The van der Waals surface area contributed by atoms with Crippen molar-refractivity contribution in [2.75, 3.05) is 10.0 Å². The van der Waals surface area contributed by atoms with E-state index in [4.69, 9.17) is 0 Å². The van der Waals surface area contributed by atoms with Crippen molar-refractivity contribution in [2.45, 2.75) is 4.90 Å². The Morgan fingerprint density at radius 3 is 2.07 bits per heavy atom. The molecule has 0 unspecified atom stereocenters. The van der Waals surface area contributed by atoms with Gasteiger partial charge in [0, 0.05) is 21.0 Å². The van der Waals surface area contributed by atoms with Crippen molar-refractivity contribution < 1.29 is 17.6 Å². The zero-order chi connectivity index (χ0) is 20.9. The molecular weight excluding hydrogens is 506 g/mol. The van der Waals surface area contributed by atoms with Crippen LogP contribution in [0, 0.1) is 9.39 Å². The zero-order valence-corrected chi connectivity index (χ0v) is 17.9. The maximum atomic E-state index is 12.9. The highest BCUT2D eigenvalue weighted by Crippen LogP contribution is 2.19. The number of anilines is 2. The molecule has 0 spiro atoms. The fraction of sp³-hybridized carbons (Fsp3) is 0. The van der Waals surface area contributed by atoms with Crippen LogP contribution >= 0.6 is 22.6 Å². The van der Waals surface area contributed by atoms with Gasteiger partial charge in [-0.1, -0.05) is 12.1 Å². The Morgan fingerprint density at radius 1 is 0.862 bits per heavy atom. The number of hydrogen-bond acceptors (Lipinski definition) is 3. The number of hydrogen-bond donors (Lipinski definition) is 2. The van der Waals surface area contributed by atoms with Gasteiger partial charge in [-0.05, 0) is 94.9 Å². The average molecular weight is 522 g/mol. The first-order valence-electron chi connectivity index (χ1n) is 8.45. The molecule has 0 fully saturated rings. The van der Waals surface area contributed by atoms with E-state index in [2.05, 4.69) is 32.6 Å². The molecule has 0 aliphatic rings. The second-order valence-corrected chi connectivity index (χ2v) is 8.94. The number of carbonyl (C=O) groups is 1. The van der Waals surface area contributed by atoms with Crippen LogP contribution < -0.4 is 10.0 Å². The predicted molar refractivity (Wildman–Crippen MR) is 120 cm³/mol. The summed E-state index contributed by atoms with van der Waals surface area (Å²) in [4.78, 5) is 12.1. The average Bonchev–Trinajstić information content (AvgIpc) is 2.70. The molecule has 8 heteroatoms. The smallest absolute Gasteiger partial charge is 0.261 e. The topological polar surface area (TPSA) is 75.3 Å². The van der Waals surface area contributed by atoms with E-state index in [-0.39, 0.29) is 16.6 Å². The standard InChI is InChI=1S/C21H16FIN2O3S/c22-16-4-1-15(2-5-16)3-14-21(26)24-18-10-12-20(13-11-18)29(27,28)25-19-8-6-17(23)7-9-19/h1-14,25H,(H,24,26). The van der Waals surface area contributed by atoms with Crippen LogP contribution in [0.3, 0.4) is 0 Å². The van der Waals surface area contributed by atoms with Crippen molar-refractivity contribution in [1.82, 2.24) is 0 Å². The molecule has 5 nitrogen and oxygen atoms in total. The summed E-state index contributed by atoms with van der Waals surface area (Å²) in [6, 6.07) is 18.5. The monoisotopic (exact) mass is 522 g/mol. The molecule has 0 radical (unpaired) electrons. The number of nitrogens with one attached hydrogen (secondary N) is 2. The van der Waals surface area contributed by atoms with Gasteiger partial charge in [-0.25, -0.2) is 12.8 Å². The number of rotatable bonds is 6. The molecule has 0 bridgehead atoms. The van der Waals surface area contributed by atoms with Crippen LogP contribution in [0.15, 0.2) is 83.8 Å². The molecule has 0 aromatic heterocycles. The quantitative estimate of drug-likeness (QED) is 0.358. The summed E-state index contributed by atoms with van der Waals surface area (Å²) < 4.78 is 41.3. The Morgan fingerprint density at radius 2 is 1.45 bits per heavy atom. The number of carbonyl (C=O) groups excluding carboxylic acids is 1. The predicted octanol–water partition coefficient (Wildman–Crippen LogP) is 4.88. The highest BCUT2D eigenvalue weighted by molar-refractivity contribution is 14.1. The molecule has 1 amide bonds. The summed E-state index contributed by atoms with van der Waals surface area (Å²) in [7, 11) is -3.73. The van der Waals surface area contributed by atoms with Crippen molar-refractivity contribution >= 4 is 56.0 Å². The third-order valence-corrected chi connectivity index (χ3v) is 5.94. The summed E-state index contributed by atoms with van der Waals surface area (Å²) in [5.41, 5.74) is 1.60. The van der Waals surface area contributed by atoms with Crippen LogP contribution in [-0.4, -0.2) is 14.3 Å². The highest BCUT2D eigenvalue weighted by Gasteiger charge is 2.14. The van der Waals surface area contributed by atoms with Crippen LogP contribution in [0.25, 0.3) is 6.08 Å². The summed E-state index contributed by atoms with van der Waals surface area (Å²) in [5, 5.41) is 2.64. The van der Waals surface area contributed by atoms with Gasteiger partial charge in [0.2, 0.25) is 5.91 Å². The van der Waals surface area contributed by atoms with E-state index in [0.717, 1.165) is 3.57 Å². The Hall–Kier alpha value is -2.72. The van der Waals surface area contributed by atoms with Crippen LogP contribution in [0.4, 0.5) is 15.8 Å². The lowest BCUT2D eigenvalue weighted by Crippen LogP contribution is -2.13. The van der Waals surface area contributed by atoms with Gasteiger partial charge in [-0.15, -0.1) is 0 Å². The highest BCUT2D eigenvalue weighted by atomic mass is 127. The maximum absolute atomic E-state index is 12.9. The molecule has 148 valence electrons. The van der Waals surface area contributed by atoms with Crippen molar-refractivity contribution in [1.29, 1.82) is 0 Å². The van der Waals surface area contributed by atoms with Crippen molar-refractivity contribution in [3.63, 3.8) is 0 Å². The summed E-state index contributed by atoms with van der Waals surface area (Å²) in [6.45, 7) is 0. The zero-order valence-electron chi connectivity index (χ0n) is 15.0. The molecule has 0 saturated heterocycles. The molecule has 0 aliphatic heterocycles. The third-order valence-electron chi connectivity index (χ3n) is 3.83. The minimum absolute atomic E-state index is 0.0795. The molecule has 3 aromatic carbocycles. The molecular formula is C21H16FIN2O3S. The van der Waals surface area contributed by atoms with E-state index >= 15 is 0 Å². The second kappa shape index (κ2) is 9.19. The first-order valence-corrected chi connectivity index (χ1v) is 11.0. The maximum Gasteiger partial charge on any atom is 0.261 e. The molecule has 0 heterocycles. The Kier molecular flexibility index (Phi) is 6.65. The third kappa shape index (κ3) is 6.13. The van der Waals surface area contributed by atoms with Crippen molar-refractivity contribution in [3.05, 3.63) is 93.8 Å². The van der Waals surface area contributed by atoms with Crippen LogP contribution in [0.2, 0.25) is 0 Å². The fourth-order valence-electron chi connectivity index (χ4n) is 2.38. The number of sulfonamides is 1. The Bertz CT molecular complexity index is 1130. The van der Waals surface area contributed by atoms with Gasteiger partial charge in [-0.2, -0.15) is 0 Å². The number of benzene rings is 3. The van der Waals surface area contributed by atoms with E-state index < -0.39 is 10.0 Å². The second-order valence-electron chi connectivity index (χ2n) is 6.01. The van der Waals surface area contributed by atoms with Gasteiger partial charge in [-0.3, -0.25) is 9.52 Å². The molecule has 0 saturated carbocycles. The molecule has 3 aromatic rings. The summed E-state index contributed by atoms with van der Waals surface area (Å²) >= 11 is 2.14. The lowest BCUT2D eigenvalue weighted by atomic mass is 10.2. The number of amides is 1. The fourth-order valence-corrected chi connectivity index (χ4v) is 3.80. The van der Waals surface area contributed by atoms with Crippen LogP contribution in [0.1, 0.15) is 5.56 Å². The molecule has 3 rings (SSSR count). The van der Waals surface area contributed by atoms with Gasteiger partial charge < -0.3 is 5.32 Å². The van der Waals surface area contributed by atoms with Gasteiger partial charge in [0.05, 0.1) is 4.90 Å². The SMILES string of the molecule is O=C(C=Cc1ccc(F)cc1)Nc1ccc(S(=O)(=O)Nc2ccc(I)cc2)cc1. The van der Waals surface area contributed by atoms with Gasteiger partial charge in [0.1, 0.15) is 5.82 Å². The lowest BCUT2D eigenvalue weighted by molar-refractivity contribution is -0.111. The minimum Gasteiger partial charge on any atom is -0.323 e. The van der Waals surface area contributed by atoms with Crippen molar-refractivity contribution in [2.24, 2.45) is 0 Å². The van der Waals surface area contributed by atoms with Gasteiger partial charge in [0.15, 0.2) is 0 Å². The normalized spacial score (nSPS) is 11.4. The van der Waals surface area contributed by atoms with E-state index in [0.29, 0.717) is 16.9 Å². The van der Waals surface area contributed by atoms with Crippen LogP contribution in [0.5, 0.6) is 0 Å². The molecule has 29 heavy (non-hydrogen) atoms. The van der Waals surface area contributed by atoms with E-state index in [1.807, 2.05) is 0 Å². The minimum atomic E-state index is -3.73. The van der Waals surface area contributed by atoms with E-state index in [1.165, 1.54) is 42.5 Å².